The lowest BCUT2D eigenvalue weighted by Gasteiger charge is -2.39. The molecule has 8 nitrogen and oxygen atoms in total. The smallest absolute Gasteiger partial charge is 0.282 e. The van der Waals surface area contributed by atoms with Gasteiger partial charge in [0.1, 0.15) is 36.8 Å². The molecule has 2 rings (SSSR count). The van der Waals surface area contributed by atoms with Crippen molar-refractivity contribution in [1.82, 2.24) is 0 Å². The SMILES string of the molecule is OC[C@H]1O[C@@H](OCc2ccc(O)o2)[C@H](O)[C@@H](O)[C@@H]1O. The molecule has 0 bridgehead atoms. The van der Waals surface area contributed by atoms with E-state index in [0.29, 0.717) is 5.76 Å². The van der Waals surface area contributed by atoms with E-state index in [-0.39, 0.29) is 12.6 Å². The molecule has 0 saturated carbocycles. The van der Waals surface area contributed by atoms with E-state index in [9.17, 15) is 15.3 Å². The quantitative estimate of drug-likeness (QED) is 0.439. The standard InChI is InChI=1S/C11H16O8/c12-3-6-8(14)9(15)10(16)11(19-6)17-4-5-1-2-7(13)18-5/h1-2,6,8-16H,3-4H2/t6-,8-,9+,10-,11-/m1/s1. The lowest BCUT2D eigenvalue weighted by molar-refractivity contribution is -0.304. The summed E-state index contributed by atoms with van der Waals surface area (Å²) >= 11 is 0. The van der Waals surface area contributed by atoms with Gasteiger partial charge in [0.05, 0.1) is 6.61 Å². The third-order valence-electron chi connectivity index (χ3n) is 2.89. The summed E-state index contributed by atoms with van der Waals surface area (Å²) in [4.78, 5) is 0. The van der Waals surface area contributed by atoms with Gasteiger partial charge in [-0.25, -0.2) is 0 Å². The van der Waals surface area contributed by atoms with Crippen molar-refractivity contribution < 1.29 is 39.4 Å². The Balaban J connectivity index is 1.95. The Bertz CT molecular complexity index is 403. The van der Waals surface area contributed by atoms with Gasteiger partial charge in [0.25, 0.3) is 5.95 Å². The van der Waals surface area contributed by atoms with Crippen LogP contribution in [-0.4, -0.2) is 62.8 Å². The maximum absolute atomic E-state index is 9.68. The highest BCUT2D eigenvalue weighted by Gasteiger charge is 2.44. The van der Waals surface area contributed by atoms with E-state index in [1.165, 1.54) is 12.1 Å². The first-order valence-corrected chi connectivity index (χ1v) is 5.72. The Kier molecular flexibility index (Phi) is 4.40. The number of aliphatic hydroxyl groups excluding tert-OH is 4. The second-order valence-electron chi connectivity index (χ2n) is 4.25. The molecule has 0 spiro atoms. The van der Waals surface area contributed by atoms with Gasteiger partial charge in [0.2, 0.25) is 0 Å². The Morgan fingerprint density at radius 1 is 1.11 bits per heavy atom. The molecule has 1 aromatic heterocycles. The summed E-state index contributed by atoms with van der Waals surface area (Å²) in [7, 11) is 0. The fourth-order valence-electron chi connectivity index (χ4n) is 1.81. The van der Waals surface area contributed by atoms with Crippen LogP contribution in [0, 0.1) is 0 Å². The van der Waals surface area contributed by atoms with Crippen LogP contribution in [0.5, 0.6) is 5.95 Å². The molecule has 0 radical (unpaired) electrons. The summed E-state index contributed by atoms with van der Waals surface area (Å²) in [5, 5.41) is 46.8. The maximum atomic E-state index is 9.68. The summed E-state index contributed by atoms with van der Waals surface area (Å²) in [6.07, 6.45) is -6.61. The van der Waals surface area contributed by atoms with Gasteiger partial charge in [0.15, 0.2) is 6.29 Å². The van der Waals surface area contributed by atoms with Gasteiger partial charge in [-0.05, 0) is 6.07 Å². The van der Waals surface area contributed by atoms with Crippen LogP contribution in [0.15, 0.2) is 16.5 Å². The molecule has 5 atom stereocenters. The molecule has 2 heterocycles. The van der Waals surface area contributed by atoms with Crippen molar-refractivity contribution >= 4 is 0 Å². The zero-order valence-corrected chi connectivity index (χ0v) is 9.92. The monoisotopic (exact) mass is 276 g/mol. The normalized spacial score (nSPS) is 35.5. The molecule has 108 valence electrons. The number of ether oxygens (including phenoxy) is 2. The van der Waals surface area contributed by atoms with Crippen molar-refractivity contribution in [3.63, 3.8) is 0 Å². The molecule has 1 saturated heterocycles. The number of hydrogen-bond acceptors (Lipinski definition) is 8. The number of hydrogen-bond donors (Lipinski definition) is 5. The van der Waals surface area contributed by atoms with Gasteiger partial charge < -0.3 is 39.4 Å². The predicted molar refractivity (Wildman–Crippen MR) is 58.9 cm³/mol. The maximum Gasteiger partial charge on any atom is 0.282 e. The third kappa shape index (κ3) is 3.06. The molecule has 5 N–H and O–H groups in total. The van der Waals surface area contributed by atoms with Gasteiger partial charge >= 0.3 is 0 Å². The van der Waals surface area contributed by atoms with Gasteiger partial charge in [0, 0.05) is 6.07 Å². The van der Waals surface area contributed by atoms with E-state index in [2.05, 4.69) is 0 Å². The molecule has 1 aliphatic heterocycles. The molecule has 0 unspecified atom stereocenters. The van der Waals surface area contributed by atoms with E-state index >= 15 is 0 Å². The number of aliphatic hydroxyl groups is 4. The first-order chi connectivity index (χ1) is 9.02. The van der Waals surface area contributed by atoms with Crippen molar-refractivity contribution in [3.8, 4) is 5.95 Å². The van der Waals surface area contributed by atoms with E-state index in [1.807, 2.05) is 0 Å². The highest BCUT2D eigenvalue weighted by molar-refractivity contribution is 5.09. The van der Waals surface area contributed by atoms with Gasteiger partial charge in [-0.15, -0.1) is 0 Å². The molecular weight excluding hydrogens is 260 g/mol. The minimum atomic E-state index is -1.49. The summed E-state index contributed by atoms with van der Waals surface area (Å²) in [5.74, 6) is 0.0295. The fraction of sp³-hybridized carbons (Fsp3) is 0.636. The van der Waals surface area contributed by atoms with Gasteiger partial charge in [-0.2, -0.15) is 0 Å². The number of furan rings is 1. The molecule has 0 amide bonds. The first-order valence-electron chi connectivity index (χ1n) is 5.72. The molecule has 1 fully saturated rings. The Labute approximate surface area is 108 Å². The molecule has 0 aliphatic carbocycles. The lowest BCUT2D eigenvalue weighted by Crippen LogP contribution is -2.59. The molecule has 8 heteroatoms. The van der Waals surface area contributed by atoms with E-state index in [4.69, 9.17) is 24.1 Å². The molecule has 19 heavy (non-hydrogen) atoms. The van der Waals surface area contributed by atoms with Crippen molar-refractivity contribution in [2.45, 2.75) is 37.3 Å². The molecule has 1 aromatic rings. The van der Waals surface area contributed by atoms with Gasteiger partial charge in [-0.1, -0.05) is 0 Å². The highest BCUT2D eigenvalue weighted by atomic mass is 16.7. The molecule has 0 aromatic carbocycles. The highest BCUT2D eigenvalue weighted by Crippen LogP contribution is 2.23. The second-order valence-corrected chi connectivity index (χ2v) is 4.25. The van der Waals surface area contributed by atoms with Crippen LogP contribution in [0.4, 0.5) is 0 Å². The third-order valence-corrected chi connectivity index (χ3v) is 2.89. The van der Waals surface area contributed by atoms with Crippen molar-refractivity contribution in [1.29, 1.82) is 0 Å². The van der Waals surface area contributed by atoms with E-state index in [1.54, 1.807) is 0 Å². The Morgan fingerprint density at radius 2 is 1.84 bits per heavy atom. The summed E-state index contributed by atoms with van der Waals surface area (Å²) < 4.78 is 15.2. The van der Waals surface area contributed by atoms with Crippen LogP contribution >= 0.6 is 0 Å². The average Bonchev–Trinajstić information content (AvgIpc) is 2.81. The van der Waals surface area contributed by atoms with Crippen molar-refractivity contribution in [3.05, 3.63) is 17.9 Å². The first kappa shape index (κ1) is 14.3. The van der Waals surface area contributed by atoms with Crippen LogP contribution in [-0.2, 0) is 16.1 Å². The summed E-state index contributed by atoms with van der Waals surface area (Å²) in [6.45, 7) is -0.629. The van der Waals surface area contributed by atoms with Crippen LogP contribution in [0.1, 0.15) is 5.76 Å². The zero-order chi connectivity index (χ0) is 14.0. The topological polar surface area (TPSA) is 133 Å². The minimum Gasteiger partial charge on any atom is -0.481 e. The van der Waals surface area contributed by atoms with Crippen LogP contribution in [0.25, 0.3) is 0 Å². The minimum absolute atomic E-state index is 0.108. The average molecular weight is 276 g/mol. The zero-order valence-electron chi connectivity index (χ0n) is 9.92. The van der Waals surface area contributed by atoms with Gasteiger partial charge in [-0.3, -0.25) is 0 Å². The van der Waals surface area contributed by atoms with E-state index < -0.39 is 37.3 Å². The molecular formula is C11H16O8. The number of aromatic hydroxyl groups is 1. The largest absolute Gasteiger partial charge is 0.481 e. The van der Waals surface area contributed by atoms with Crippen LogP contribution < -0.4 is 0 Å². The summed E-state index contributed by atoms with van der Waals surface area (Å²) in [6, 6.07) is 2.80. The Morgan fingerprint density at radius 3 is 2.42 bits per heavy atom. The van der Waals surface area contributed by atoms with Crippen LogP contribution in [0.3, 0.4) is 0 Å². The Hall–Kier alpha value is -1.16. The van der Waals surface area contributed by atoms with Crippen molar-refractivity contribution in [2.24, 2.45) is 0 Å². The fourth-order valence-corrected chi connectivity index (χ4v) is 1.81. The van der Waals surface area contributed by atoms with E-state index in [0.717, 1.165) is 0 Å². The second kappa shape index (κ2) is 5.87. The lowest BCUT2D eigenvalue weighted by atomic mass is 9.99. The number of rotatable bonds is 4. The molecule has 1 aliphatic rings. The van der Waals surface area contributed by atoms with Crippen LogP contribution in [0.2, 0.25) is 0 Å². The summed E-state index contributed by atoms with van der Waals surface area (Å²) in [5.41, 5.74) is 0. The predicted octanol–water partition coefficient (Wildman–Crippen LogP) is -1.70. The van der Waals surface area contributed by atoms with Crippen molar-refractivity contribution in [2.75, 3.05) is 6.61 Å².